The maximum atomic E-state index is 12.7. The third kappa shape index (κ3) is 4.84. The number of para-hydroxylation sites is 2. The Bertz CT molecular complexity index is 814. The second-order valence-corrected chi connectivity index (χ2v) is 6.90. The van der Waals surface area contributed by atoms with Gasteiger partial charge in [-0.2, -0.15) is 0 Å². The van der Waals surface area contributed by atoms with E-state index in [2.05, 4.69) is 10.3 Å². The minimum atomic E-state index is -0.301. The van der Waals surface area contributed by atoms with Crippen LogP contribution in [0.2, 0.25) is 0 Å². The largest absolute Gasteiger partial charge is 0.489 e. The van der Waals surface area contributed by atoms with Gasteiger partial charge in [-0.05, 0) is 57.4 Å². The van der Waals surface area contributed by atoms with Crippen molar-refractivity contribution in [3.63, 3.8) is 0 Å². The lowest BCUT2D eigenvalue weighted by molar-refractivity contribution is 0.0718. The van der Waals surface area contributed by atoms with Crippen LogP contribution in [0.4, 0.5) is 5.69 Å². The van der Waals surface area contributed by atoms with Gasteiger partial charge in [-0.3, -0.25) is 14.6 Å². The number of ether oxygens (including phenoxy) is 1. The van der Waals surface area contributed by atoms with Crippen LogP contribution < -0.4 is 10.1 Å². The van der Waals surface area contributed by atoms with Crippen LogP contribution in [0.15, 0.2) is 42.6 Å². The van der Waals surface area contributed by atoms with E-state index >= 15 is 0 Å². The van der Waals surface area contributed by atoms with Crippen molar-refractivity contribution in [2.45, 2.75) is 39.2 Å². The molecule has 2 amide bonds. The zero-order valence-electron chi connectivity index (χ0n) is 15.8. The highest BCUT2D eigenvalue weighted by Crippen LogP contribution is 2.25. The van der Waals surface area contributed by atoms with Crippen molar-refractivity contribution in [3.8, 4) is 5.75 Å². The van der Waals surface area contributed by atoms with E-state index in [4.69, 9.17) is 4.74 Å². The molecule has 0 radical (unpaired) electrons. The van der Waals surface area contributed by atoms with Crippen LogP contribution in [0, 0.1) is 0 Å². The van der Waals surface area contributed by atoms with E-state index in [1.807, 2.05) is 32.0 Å². The lowest BCUT2D eigenvalue weighted by Crippen LogP contribution is -2.36. The number of nitrogens with zero attached hydrogens (tertiary/aromatic N) is 2. The number of benzene rings is 1. The maximum absolute atomic E-state index is 12.7. The Kier molecular flexibility index (Phi) is 6.06. The van der Waals surface area contributed by atoms with E-state index in [1.165, 1.54) is 6.20 Å². The van der Waals surface area contributed by atoms with Crippen LogP contribution in [-0.4, -0.2) is 40.9 Å². The van der Waals surface area contributed by atoms with Gasteiger partial charge < -0.3 is 15.0 Å². The van der Waals surface area contributed by atoms with Gasteiger partial charge in [-0.15, -0.1) is 0 Å². The number of carbonyl (C=O) groups excluding carboxylic acids is 2. The number of carbonyl (C=O) groups is 2. The van der Waals surface area contributed by atoms with E-state index in [9.17, 15) is 9.59 Å². The summed E-state index contributed by atoms with van der Waals surface area (Å²) in [7, 11) is 0. The van der Waals surface area contributed by atoms with Gasteiger partial charge in [-0.1, -0.05) is 12.1 Å². The Morgan fingerprint density at radius 1 is 1.11 bits per heavy atom. The zero-order valence-corrected chi connectivity index (χ0v) is 15.8. The average molecular weight is 367 g/mol. The Morgan fingerprint density at radius 3 is 2.59 bits per heavy atom. The van der Waals surface area contributed by atoms with E-state index < -0.39 is 0 Å². The Balaban J connectivity index is 1.75. The summed E-state index contributed by atoms with van der Waals surface area (Å²) in [5, 5.41) is 2.86. The summed E-state index contributed by atoms with van der Waals surface area (Å²) in [6.45, 7) is 5.35. The van der Waals surface area contributed by atoms with E-state index in [0.717, 1.165) is 32.4 Å². The number of hydrogen-bond acceptors (Lipinski definition) is 4. The Hall–Kier alpha value is -2.89. The first-order valence-electron chi connectivity index (χ1n) is 9.37. The third-order valence-electron chi connectivity index (χ3n) is 4.38. The monoisotopic (exact) mass is 367 g/mol. The van der Waals surface area contributed by atoms with E-state index in [-0.39, 0.29) is 17.9 Å². The lowest BCUT2D eigenvalue weighted by Gasteiger charge is -2.26. The van der Waals surface area contributed by atoms with Crippen molar-refractivity contribution in [1.29, 1.82) is 0 Å². The van der Waals surface area contributed by atoms with Crippen molar-refractivity contribution >= 4 is 17.5 Å². The predicted molar refractivity (Wildman–Crippen MR) is 104 cm³/mol. The third-order valence-corrected chi connectivity index (χ3v) is 4.38. The van der Waals surface area contributed by atoms with Crippen LogP contribution in [0.1, 0.15) is 54.0 Å². The molecule has 1 fully saturated rings. The van der Waals surface area contributed by atoms with Gasteiger partial charge in [-0.25, -0.2) is 0 Å². The molecule has 0 aliphatic carbocycles. The molecule has 1 N–H and O–H groups in total. The molecule has 1 aromatic heterocycles. The van der Waals surface area contributed by atoms with Gasteiger partial charge >= 0.3 is 0 Å². The number of anilines is 1. The summed E-state index contributed by atoms with van der Waals surface area (Å²) < 4.78 is 5.74. The maximum Gasteiger partial charge on any atom is 0.272 e. The van der Waals surface area contributed by atoms with Gasteiger partial charge in [0.1, 0.15) is 11.4 Å². The molecule has 1 aliphatic rings. The van der Waals surface area contributed by atoms with Gasteiger partial charge in [0.2, 0.25) is 0 Å². The summed E-state index contributed by atoms with van der Waals surface area (Å²) in [5.74, 6) is 0.192. The molecule has 2 heterocycles. The summed E-state index contributed by atoms with van der Waals surface area (Å²) in [6, 6.07) is 10.5. The first-order chi connectivity index (χ1) is 13.0. The first kappa shape index (κ1) is 18.9. The number of aromatic nitrogens is 1. The Labute approximate surface area is 159 Å². The molecule has 6 heteroatoms. The zero-order chi connectivity index (χ0) is 19.2. The highest BCUT2D eigenvalue weighted by molar-refractivity contribution is 6.06. The van der Waals surface area contributed by atoms with E-state index in [1.54, 1.807) is 23.1 Å². The number of hydrogen-bond donors (Lipinski definition) is 1. The molecule has 0 saturated carbocycles. The standard InChI is InChI=1S/C21H25N3O3/c1-15(2)27-19-9-5-4-8-17(19)23-20(25)16-10-11-22-18(14-16)21(26)24-12-6-3-7-13-24/h4-5,8-11,14-15H,3,6-7,12-13H2,1-2H3,(H,23,25). The number of amides is 2. The van der Waals surface area contributed by atoms with Crippen molar-refractivity contribution < 1.29 is 14.3 Å². The van der Waals surface area contributed by atoms with Crippen LogP contribution in [0.5, 0.6) is 5.75 Å². The van der Waals surface area contributed by atoms with Crippen molar-refractivity contribution in [1.82, 2.24) is 9.88 Å². The van der Waals surface area contributed by atoms with Gasteiger partial charge in [0, 0.05) is 24.8 Å². The summed E-state index contributed by atoms with van der Waals surface area (Å²) in [6.07, 6.45) is 4.68. The normalized spacial score (nSPS) is 14.1. The van der Waals surface area contributed by atoms with Crippen molar-refractivity contribution in [3.05, 3.63) is 53.9 Å². The first-order valence-corrected chi connectivity index (χ1v) is 9.37. The Morgan fingerprint density at radius 2 is 1.85 bits per heavy atom. The average Bonchev–Trinajstić information content (AvgIpc) is 2.69. The molecule has 0 unspecified atom stereocenters. The molecule has 1 aromatic carbocycles. The quantitative estimate of drug-likeness (QED) is 0.874. The number of piperidine rings is 1. The summed E-state index contributed by atoms with van der Waals surface area (Å²) in [5.41, 5.74) is 1.29. The lowest BCUT2D eigenvalue weighted by atomic mass is 10.1. The minimum absolute atomic E-state index is 0.00209. The second-order valence-electron chi connectivity index (χ2n) is 6.90. The van der Waals surface area contributed by atoms with Crippen LogP contribution >= 0.6 is 0 Å². The number of likely N-dealkylation sites (tertiary alicyclic amines) is 1. The van der Waals surface area contributed by atoms with Crippen LogP contribution in [0.25, 0.3) is 0 Å². The van der Waals surface area contributed by atoms with Crippen LogP contribution in [-0.2, 0) is 0 Å². The van der Waals surface area contributed by atoms with Crippen LogP contribution in [0.3, 0.4) is 0 Å². The van der Waals surface area contributed by atoms with Crippen molar-refractivity contribution in [2.75, 3.05) is 18.4 Å². The van der Waals surface area contributed by atoms with Crippen molar-refractivity contribution in [2.24, 2.45) is 0 Å². The molecule has 0 bridgehead atoms. The fourth-order valence-electron chi connectivity index (χ4n) is 3.07. The smallest absolute Gasteiger partial charge is 0.272 e. The fraction of sp³-hybridized carbons (Fsp3) is 0.381. The summed E-state index contributed by atoms with van der Waals surface area (Å²) in [4.78, 5) is 31.3. The van der Waals surface area contributed by atoms with E-state index in [0.29, 0.717) is 22.7 Å². The molecule has 1 aliphatic heterocycles. The second kappa shape index (κ2) is 8.66. The molecule has 1 saturated heterocycles. The molecule has 3 rings (SSSR count). The molecule has 0 atom stereocenters. The number of rotatable bonds is 5. The molecule has 6 nitrogen and oxygen atoms in total. The molecular formula is C21H25N3O3. The van der Waals surface area contributed by atoms with Gasteiger partial charge in [0.05, 0.1) is 11.8 Å². The fourth-order valence-corrected chi connectivity index (χ4v) is 3.07. The molecule has 0 spiro atoms. The molecule has 2 aromatic rings. The highest BCUT2D eigenvalue weighted by atomic mass is 16.5. The minimum Gasteiger partial charge on any atom is -0.489 e. The molecular weight excluding hydrogens is 342 g/mol. The topological polar surface area (TPSA) is 71.5 Å². The molecule has 142 valence electrons. The summed E-state index contributed by atoms with van der Waals surface area (Å²) >= 11 is 0. The molecule has 27 heavy (non-hydrogen) atoms. The number of nitrogens with one attached hydrogen (secondary N) is 1. The van der Waals surface area contributed by atoms with Gasteiger partial charge in [0.25, 0.3) is 11.8 Å². The SMILES string of the molecule is CC(C)Oc1ccccc1NC(=O)c1ccnc(C(=O)N2CCCCC2)c1. The number of pyridine rings is 1. The highest BCUT2D eigenvalue weighted by Gasteiger charge is 2.20. The van der Waals surface area contributed by atoms with Gasteiger partial charge in [0.15, 0.2) is 0 Å². The predicted octanol–water partition coefficient (Wildman–Crippen LogP) is 3.75.